The third-order valence-electron chi connectivity index (χ3n) is 2.42. The molecule has 0 saturated heterocycles. The summed E-state index contributed by atoms with van der Waals surface area (Å²) in [6.07, 6.45) is 1.99. The molecule has 9 heteroatoms. The molecule has 6 nitrogen and oxygen atoms in total. The lowest BCUT2D eigenvalue weighted by Crippen LogP contribution is -2.01. The van der Waals surface area contributed by atoms with Gasteiger partial charge in [-0.3, -0.25) is 0 Å². The third kappa shape index (κ3) is 3.00. The van der Waals surface area contributed by atoms with Crippen LogP contribution >= 0.6 is 34.9 Å². The molecule has 1 aromatic carbocycles. The van der Waals surface area contributed by atoms with Crippen LogP contribution in [0.15, 0.2) is 39.0 Å². The maximum Gasteiger partial charge on any atom is 0.175 e. The highest BCUT2D eigenvalue weighted by Crippen LogP contribution is 2.29. The Labute approximate surface area is 128 Å². The standard InChI is InChI=1S/C11H10N6S3/c1-18-10-13-14-11(20-10)19-7-9-12-15-16-17(9)8-5-3-2-4-6-8/h2-6H,7H2,1H3. The van der Waals surface area contributed by atoms with Crippen molar-refractivity contribution in [1.82, 2.24) is 30.4 Å². The lowest BCUT2D eigenvalue weighted by atomic mass is 10.3. The summed E-state index contributed by atoms with van der Waals surface area (Å²) in [7, 11) is 0. The predicted molar refractivity (Wildman–Crippen MR) is 80.4 cm³/mol. The van der Waals surface area contributed by atoms with Crippen LogP contribution in [-0.2, 0) is 5.75 Å². The monoisotopic (exact) mass is 322 g/mol. The first-order valence-electron chi connectivity index (χ1n) is 5.70. The van der Waals surface area contributed by atoms with E-state index in [9.17, 15) is 0 Å². The fourth-order valence-electron chi connectivity index (χ4n) is 1.53. The molecule has 2 aromatic heterocycles. The van der Waals surface area contributed by atoms with Crippen molar-refractivity contribution in [2.24, 2.45) is 0 Å². The molecule has 0 bridgehead atoms. The summed E-state index contributed by atoms with van der Waals surface area (Å²) in [4.78, 5) is 0. The van der Waals surface area contributed by atoms with E-state index in [1.54, 1.807) is 39.5 Å². The van der Waals surface area contributed by atoms with Crippen molar-refractivity contribution < 1.29 is 0 Å². The maximum atomic E-state index is 4.12. The van der Waals surface area contributed by atoms with Crippen LogP contribution in [-0.4, -0.2) is 36.7 Å². The van der Waals surface area contributed by atoms with Gasteiger partial charge in [0.2, 0.25) is 0 Å². The van der Waals surface area contributed by atoms with Crippen molar-refractivity contribution in [3.05, 3.63) is 36.2 Å². The van der Waals surface area contributed by atoms with Crippen molar-refractivity contribution >= 4 is 34.9 Å². The first-order chi connectivity index (χ1) is 9.86. The highest BCUT2D eigenvalue weighted by atomic mass is 32.2. The van der Waals surface area contributed by atoms with Gasteiger partial charge in [-0.15, -0.1) is 15.3 Å². The molecular formula is C11H10N6S3. The molecule has 0 spiro atoms. The summed E-state index contributed by atoms with van der Waals surface area (Å²) in [6.45, 7) is 0. The fraction of sp³-hybridized carbons (Fsp3) is 0.182. The van der Waals surface area contributed by atoms with Crippen LogP contribution in [0.2, 0.25) is 0 Å². The van der Waals surface area contributed by atoms with Crippen LogP contribution < -0.4 is 0 Å². The third-order valence-corrected chi connectivity index (χ3v) is 5.45. The lowest BCUT2D eigenvalue weighted by molar-refractivity contribution is 0.777. The summed E-state index contributed by atoms with van der Waals surface area (Å²) < 4.78 is 3.64. The van der Waals surface area contributed by atoms with E-state index in [1.165, 1.54) is 0 Å². The summed E-state index contributed by atoms with van der Waals surface area (Å²) >= 11 is 4.77. The molecule has 0 aliphatic rings. The van der Waals surface area contributed by atoms with E-state index in [0.717, 1.165) is 20.2 Å². The second-order valence-electron chi connectivity index (χ2n) is 3.67. The Kier molecular flexibility index (Phi) is 4.28. The second-order valence-corrected chi connectivity index (χ2v) is 6.92. The van der Waals surface area contributed by atoms with E-state index in [-0.39, 0.29) is 0 Å². The van der Waals surface area contributed by atoms with Crippen molar-refractivity contribution in [3.8, 4) is 5.69 Å². The molecule has 102 valence electrons. The zero-order chi connectivity index (χ0) is 13.8. The van der Waals surface area contributed by atoms with Crippen molar-refractivity contribution in [1.29, 1.82) is 0 Å². The first kappa shape index (κ1) is 13.5. The van der Waals surface area contributed by atoms with Crippen LogP contribution in [0.4, 0.5) is 0 Å². The number of nitrogens with zero attached hydrogens (tertiary/aromatic N) is 6. The normalized spacial score (nSPS) is 10.8. The van der Waals surface area contributed by atoms with E-state index in [1.807, 2.05) is 36.6 Å². The van der Waals surface area contributed by atoms with Crippen molar-refractivity contribution in [2.75, 3.05) is 6.26 Å². The quantitative estimate of drug-likeness (QED) is 0.668. The van der Waals surface area contributed by atoms with Gasteiger partial charge >= 0.3 is 0 Å². The van der Waals surface area contributed by atoms with E-state index in [4.69, 9.17) is 0 Å². The molecule has 3 rings (SSSR count). The summed E-state index contributed by atoms with van der Waals surface area (Å²) in [5, 5.41) is 20.0. The Bertz CT molecular complexity index is 680. The molecule has 0 aliphatic carbocycles. The Morgan fingerprint density at radius 3 is 2.65 bits per heavy atom. The summed E-state index contributed by atoms with van der Waals surface area (Å²) in [5.41, 5.74) is 0.954. The molecular weight excluding hydrogens is 312 g/mol. The molecule has 0 radical (unpaired) electrons. The minimum atomic E-state index is 0.658. The number of aromatic nitrogens is 6. The van der Waals surface area contributed by atoms with Gasteiger partial charge in [-0.05, 0) is 28.8 Å². The first-order valence-corrected chi connectivity index (χ1v) is 8.72. The number of tetrazole rings is 1. The largest absolute Gasteiger partial charge is 0.196 e. The lowest BCUT2D eigenvalue weighted by Gasteiger charge is -2.02. The number of thioether (sulfide) groups is 2. The van der Waals surface area contributed by atoms with Crippen LogP contribution in [0.1, 0.15) is 5.82 Å². The molecule has 20 heavy (non-hydrogen) atoms. The number of hydrogen-bond donors (Lipinski definition) is 0. The minimum absolute atomic E-state index is 0.658. The molecule has 0 amide bonds. The molecule has 0 saturated carbocycles. The number of benzene rings is 1. The Balaban J connectivity index is 1.74. The fourth-order valence-corrected chi connectivity index (χ4v) is 3.87. The van der Waals surface area contributed by atoms with Crippen LogP contribution in [0.5, 0.6) is 0 Å². The molecule has 0 unspecified atom stereocenters. The number of rotatable bonds is 5. The Hall–Kier alpha value is -1.45. The topological polar surface area (TPSA) is 69.4 Å². The van der Waals surface area contributed by atoms with E-state index < -0.39 is 0 Å². The van der Waals surface area contributed by atoms with Crippen LogP contribution in [0.25, 0.3) is 5.69 Å². The zero-order valence-corrected chi connectivity index (χ0v) is 13.0. The van der Waals surface area contributed by atoms with Crippen LogP contribution in [0.3, 0.4) is 0 Å². The van der Waals surface area contributed by atoms with Gasteiger partial charge in [-0.1, -0.05) is 53.1 Å². The molecule has 0 fully saturated rings. The summed E-state index contributed by atoms with van der Waals surface area (Å²) in [5.74, 6) is 1.45. The minimum Gasteiger partial charge on any atom is -0.196 e. The van der Waals surface area contributed by atoms with E-state index in [2.05, 4.69) is 25.7 Å². The van der Waals surface area contributed by atoms with E-state index in [0.29, 0.717) is 5.75 Å². The van der Waals surface area contributed by atoms with Gasteiger partial charge in [0, 0.05) is 0 Å². The smallest absolute Gasteiger partial charge is 0.175 e. The van der Waals surface area contributed by atoms with Gasteiger partial charge < -0.3 is 0 Å². The number of para-hydroxylation sites is 1. The van der Waals surface area contributed by atoms with Gasteiger partial charge in [0.15, 0.2) is 14.5 Å². The average Bonchev–Trinajstić information content (AvgIpc) is 3.15. The molecule has 0 aliphatic heterocycles. The van der Waals surface area contributed by atoms with Gasteiger partial charge in [0.25, 0.3) is 0 Å². The highest BCUT2D eigenvalue weighted by molar-refractivity contribution is 8.02. The van der Waals surface area contributed by atoms with Crippen LogP contribution in [0, 0.1) is 0 Å². The van der Waals surface area contributed by atoms with Crippen molar-refractivity contribution in [3.63, 3.8) is 0 Å². The summed E-state index contributed by atoms with van der Waals surface area (Å²) in [6, 6.07) is 9.84. The average molecular weight is 322 g/mol. The zero-order valence-electron chi connectivity index (χ0n) is 10.5. The van der Waals surface area contributed by atoms with Gasteiger partial charge in [0.05, 0.1) is 11.4 Å². The molecule has 2 heterocycles. The molecule has 3 aromatic rings. The molecule has 0 atom stereocenters. The van der Waals surface area contributed by atoms with E-state index >= 15 is 0 Å². The number of hydrogen-bond acceptors (Lipinski definition) is 8. The van der Waals surface area contributed by atoms with Crippen molar-refractivity contribution in [2.45, 2.75) is 14.4 Å². The van der Waals surface area contributed by atoms with Gasteiger partial charge in [-0.2, -0.15) is 4.68 Å². The predicted octanol–water partition coefficient (Wildman–Crippen LogP) is 2.53. The Morgan fingerprint density at radius 2 is 1.90 bits per heavy atom. The SMILES string of the molecule is CSc1nnc(SCc2nnnn2-c2ccccc2)s1. The van der Waals surface area contributed by atoms with Gasteiger partial charge in [-0.25, -0.2) is 0 Å². The van der Waals surface area contributed by atoms with Gasteiger partial charge in [0.1, 0.15) is 0 Å². The highest BCUT2D eigenvalue weighted by Gasteiger charge is 2.10. The second kappa shape index (κ2) is 6.33. The Morgan fingerprint density at radius 1 is 1.10 bits per heavy atom. The molecule has 0 N–H and O–H groups in total. The maximum absolute atomic E-state index is 4.12.